The fourth-order valence-corrected chi connectivity index (χ4v) is 2.42. The number of benzene rings is 1. The minimum absolute atomic E-state index is 0.00340. The number of nitrogens with two attached hydrogens (primary N) is 1. The Morgan fingerprint density at radius 3 is 2.55 bits per heavy atom. The van der Waals surface area contributed by atoms with Gasteiger partial charge in [0, 0.05) is 32.0 Å². The molecule has 0 saturated carbocycles. The van der Waals surface area contributed by atoms with Crippen LogP contribution in [0.1, 0.15) is 24.1 Å². The Labute approximate surface area is 125 Å². The van der Waals surface area contributed by atoms with Crippen molar-refractivity contribution >= 4 is 17.3 Å². The van der Waals surface area contributed by atoms with Crippen molar-refractivity contribution in [3.8, 4) is 0 Å². The van der Waals surface area contributed by atoms with E-state index < -0.39 is 0 Å². The molecular weight excluding hydrogens is 270 g/mol. The third-order valence-corrected chi connectivity index (χ3v) is 3.70. The minimum atomic E-state index is 0.00340. The summed E-state index contributed by atoms with van der Waals surface area (Å²) in [7, 11) is 2.05. The first-order valence-corrected chi connectivity index (χ1v) is 7.11. The number of halogens is 1. The average Bonchev–Trinajstić information content (AvgIpc) is 2.45. The number of likely N-dealkylation sites (N-methyl/N-ethyl adjacent to an activating group) is 1. The molecular formula is C16H20ClN3. The summed E-state index contributed by atoms with van der Waals surface area (Å²) in [4.78, 5) is 6.18. The van der Waals surface area contributed by atoms with Crippen LogP contribution in [0.15, 0.2) is 42.7 Å². The van der Waals surface area contributed by atoms with Crippen molar-refractivity contribution in [1.82, 2.24) is 4.98 Å². The van der Waals surface area contributed by atoms with Crippen molar-refractivity contribution < 1.29 is 0 Å². The lowest BCUT2D eigenvalue weighted by atomic mass is 10.1. The van der Waals surface area contributed by atoms with E-state index in [9.17, 15) is 0 Å². The minimum Gasteiger partial charge on any atom is -0.373 e. The molecule has 4 heteroatoms. The highest BCUT2D eigenvalue weighted by molar-refractivity contribution is 6.33. The molecule has 0 aliphatic heterocycles. The molecule has 1 heterocycles. The molecule has 2 rings (SSSR count). The van der Waals surface area contributed by atoms with Crippen LogP contribution in [-0.4, -0.2) is 18.6 Å². The van der Waals surface area contributed by atoms with E-state index in [1.165, 1.54) is 5.56 Å². The lowest BCUT2D eigenvalue weighted by Crippen LogP contribution is -2.20. The van der Waals surface area contributed by atoms with Gasteiger partial charge >= 0.3 is 0 Å². The predicted molar refractivity (Wildman–Crippen MR) is 85.3 cm³/mol. The third kappa shape index (κ3) is 3.71. The molecule has 0 bridgehead atoms. The SMILES string of the molecule is C[C@@H](N)c1ccc(N(C)CCc2ccncc2)c(Cl)c1. The van der Waals surface area contributed by atoms with E-state index in [0.717, 1.165) is 29.2 Å². The molecule has 106 valence electrons. The molecule has 0 amide bonds. The fourth-order valence-electron chi connectivity index (χ4n) is 2.08. The summed E-state index contributed by atoms with van der Waals surface area (Å²) < 4.78 is 0. The molecule has 1 aromatic heterocycles. The maximum atomic E-state index is 6.34. The molecule has 0 spiro atoms. The van der Waals surface area contributed by atoms with Crippen LogP contribution in [0, 0.1) is 0 Å². The van der Waals surface area contributed by atoms with E-state index in [1.807, 2.05) is 56.7 Å². The standard InChI is InChI=1S/C16H20ClN3/c1-12(18)14-3-4-16(15(17)11-14)20(2)10-7-13-5-8-19-9-6-13/h3-6,8-9,11-12H,7,10,18H2,1-2H3/t12-/m1/s1. The quantitative estimate of drug-likeness (QED) is 0.917. The van der Waals surface area contributed by atoms with Gasteiger partial charge in [-0.25, -0.2) is 0 Å². The second kappa shape index (κ2) is 6.73. The van der Waals surface area contributed by atoms with Gasteiger partial charge < -0.3 is 10.6 Å². The Morgan fingerprint density at radius 2 is 1.95 bits per heavy atom. The van der Waals surface area contributed by atoms with Gasteiger partial charge in [0.05, 0.1) is 10.7 Å². The van der Waals surface area contributed by atoms with Gasteiger partial charge in [-0.3, -0.25) is 4.98 Å². The van der Waals surface area contributed by atoms with Crippen LogP contribution in [0.3, 0.4) is 0 Å². The highest BCUT2D eigenvalue weighted by atomic mass is 35.5. The molecule has 20 heavy (non-hydrogen) atoms. The average molecular weight is 290 g/mol. The second-order valence-corrected chi connectivity index (χ2v) is 5.43. The van der Waals surface area contributed by atoms with Gasteiger partial charge in [-0.05, 0) is 48.7 Å². The summed E-state index contributed by atoms with van der Waals surface area (Å²) >= 11 is 6.34. The summed E-state index contributed by atoms with van der Waals surface area (Å²) in [5, 5.41) is 0.747. The van der Waals surface area contributed by atoms with Crippen molar-refractivity contribution in [3.05, 3.63) is 58.9 Å². The zero-order valence-corrected chi connectivity index (χ0v) is 12.6. The first kappa shape index (κ1) is 14.8. The Bertz CT molecular complexity index is 555. The molecule has 1 atom stereocenters. The summed E-state index contributed by atoms with van der Waals surface area (Å²) in [6.07, 6.45) is 4.60. The number of hydrogen-bond donors (Lipinski definition) is 1. The maximum absolute atomic E-state index is 6.34. The molecule has 0 aliphatic carbocycles. The van der Waals surface area contributed by atoms with E-state index in [0.29, 0.717) is 0 Å². The van der Waals surface area contributed by atoms with E-state index in [-0.39, 0.29) is 6.04 Å². The molecule has 0 radical (unpaired) electrons. The van der Waals surface area contributed by atoms with Gasteiger partial charge in [-0.2, -0.15) is 0 Å². The first-order chi connectivity index (χ1) is 9.58. The van der Waals surface area contributed by atoms with Crippen LogP contribution in [0.25, 0.3) is 0 Å². The van der Waals surface area contributed by atoms with Crippen molar-refractivity contribution in [2.45, 2.75) is 19.4 Å². The van der Waals surface area contributed by atoms with Crippen LogP contribution < -0.4 is 10.6 Å². The summed E-state index contributed by atoms with van der Waals surface area (Å²) in [5.74, 6) is 0. The smallest absolute Gasteiger partial charge is 0.0642 e. The van der Waals surface area contributed by atoms with Crippen LogP contribution in [0.5, 0.6) is 0 Å². The summed E-state index contributed by atoms with van der Waals surface area (Å²) in [6, 6.07) is 10.1. The molecule has 3 nitrogen and oxygen atoms in total. The van der Waals surface area contributed by atoms with E-state index in [4.69, 9.17) is 17.3 Å². The fraction of sp³-hybridized carbons (Fsp3) is 0.312. The normalized spacial score (nSPS) is 12.2. The molecule has 1 aromatic carbocycles. The number of nitrogens with zero attached hydrogens (tertiary/aromatic N) is 2. The predicted octanol–water partition coefficient (Wildman–Crippen LogP) is 3.43. The van der Waals surface area contributed by atoms with E-state index >= 15 is 0 Å². The topological polar surface area (TPSA) is 42.1 Å². The van der Waals surface area contributed by atoms with Crippen molar-refractivity contribution in [2.75, 3.05) is 18.5 Å². The van der Waals surface area contributed by atoms with Gasteiger partial charge in [0.1, 0.15) is 0 Å². The van der Waals surface area contributed by atoms with Crippen molar-refractivity contribution in [2.24, 2.45) is 5.73 Å². The van der Waals surface area contributed by atoms with Crippen LogP contribution in [0.4, 0.5) is 5.69 Å². The van der Waals surface area contributed by atoms with Gasteiger partial charge in [0.2, 0.25) is 0 Å². The number of aromatic nitrogens is 1. The van der Waals surface area contributed by atoms with E-state index in [1.54, 1.807) is 0 Å². The number of hydrogen-bond acceptors (Lipinski definition) is 3. The third-order valence-electron chi connectivity index (χ3n) is 3.39. The highest BCUT2D eigenvalue weighted by Gasteiger charge is 2.08. The molecule has 0 saturated heterocycles. The Kier molecular flexibility index (Phi) is 4.99. The number of pyridine rings is 1. The van der Waals surface area contributed by atoms with Gasteiger partial charge in [-0.1, -0.05) is 17.7 Å². The monoisotopic (exact) mass is 289 g/mol. The Morgan fingerprint density at radius 1 is 1.25 bits per heavy atom. The molecule has 0 unspecified atom stereocenters. The molecule has 0 fully saturated rings. The van der Waals surface area contributed by atoms with Crippen LogP contribution >= 0.6 is 11.6 Å². The lowest BCUT2D eigenvalue weighted by molar-refractivity contribution is 0.816. The van der Waals surface area contributed by atoms with Gasteiger partial charge in [0.25, 0.3) is 0 Å². The molecule has 2 aromatic rings. The summed E-state index contributed by atoms with van der Waals surface area (Å²) in [5.41, 5.74) is 9.23. The number of anilines is 1. The first-order valence-electron chi connectivity index (χ1n) is 6.73. The largest absolute Gasteiger partial charge is 0.373 e. The molecule has 0 aliphatic rings. The van der Waals surface area contributed by atoms with Gasteiger partial charge in [-0.15, -0.1) is 0 Å². The summed E-state index contributed by atoms with van der Waals surface area (Å²) in [6.45, 7) is 2.86. The van der Waals surface area contributed by atoms with Gasteiger partial charge in [0.15, 0.2) is 0 Å². The Hall–Kier alpha value is -1.58. The molecule has 2 N–H and O–H groups in total. The van der Waals surface area contributed by atoms with Crippen molar-refractivity contribution in [3.63, 3.8) is 0 Å². The second-order valence-electron chi connectivity index (χ2n) is 5.03. The zero-order chi connectivity index (χ0) is 14.5. The van der Waals surface area contributed by atoms with Crippen LogP contribution in [-0.2, 0) is 6.42 Å². The highest BCUT2D eigenvalue weighted by Crippen LogP contribution is 2.27. The zero-order valence-electron chi connectivity index (χ0n) is 11.9. The number of rotatable bonds is 5. The van der Waals surface area contributed by atoms with Crippen LogP contribution in [0.2, 0.25) is 5.02 Å². The van der Waals surface area contributed by atoms with Crippen molar-refractivity contribution in [1.29, 1.82) is 0 Å². The Balaban J connectivity index is 2.04. The maximum Gasteiger partial charge on any atom is 0.0642 e. The van der Waals surface area contributed by atoms with E-state index in [2.05, 4.69) is 9.88 Å². The lowest BCUT2D eigenvalue weighted by Gasteiger charge is -2.21.